The van der Waals surface area contributed by atoms with Gasteiger partial charge in [0.05, 0.1) is 18.7 Å². The average Bonchev–Trinajstić information content (AvgIpc) is 2.91. The van der Waals surface area contributed by atoms with Crippen LogP contribution in [-0.4, -0.2) is 24.8 Å². The first kappa shape index (κ1) is 24.4. The van der Waals surface area contributed by atoms with Crippen molar-refractivity contribution in [3.63, 3.8) is 0 Å². The number of methoxy groups -OCH3 is 1. The van der Waals surface area contributed by atoms with Gasteiger partial charge in [-0.15, -0.1) is 0 Å². The number of nitriles is 1. The van der Waals surface area contributed by atoms with Gasteiger partial charge in [0.1, 0.15) is 23.9 Å². The van der Waals surface area contributed by atoms with Crippen molar-refractivity contribution in [2.75, 3.05) is 13.7 Å². The lowest BCUT2D eigenvalue weighted by Crippen LogP contribution is -2.10. The van der Waals surface area contributed by atoms with E-state index in [4.69, 9.17) is 19.3 Å². The van der Waals surface area contributed by atoms with Gasteiger partial charge in [-0.3, -0.25) is 0 Å². The second-order valence-electron chi connectivity index (χ2n) is 8.24. The van der Waals surface area contributed by atoms with E-state index in [0.29, 0.717) is 23.7 Å². The maximum Gasteiger partial charge on any atom is 0.341 e. The molecule has 6 heteroatoms. The molecular formula is C30H25NO5. The Morgan fingerprint density at radius 2 is 1.56 bits per heavy atom. The van der Waals surface area contributed by atoms with E-state index < -0.39 is 12.6 Å². The SMILES string of the molecule is COc1ccc(-c2cc(COc3ccc(OCC(=O)O)c(C)c3)cc(-c3cccc(C#N)c3)c2)cc1. The molecule has 36 heavy (non-hydrogen) atoms. The Kier molecular flexibility index (Phi) is 7.52. The number of nitrogens with zero attached hydrogens (tertiary/aromatic N) is 1. The van der Waals surface area contributed by atoms with Crippen molar-refractivity contribution in [3.05, 3.63) is 102 Å². The number of rotatable bonds is 9. The first-order chi connectivity index (χ1) is 17.4. The third kappa shape index (κ3) is 6.02. The fraction of sp³-hybridized carbons (Fsp3) is 0.133. The highest BCUT2D eigenvalue weighted by Gasteiger charge is 2.09. The van der Waals surface area contributed by atoms with Gasteiger partial charge in [-0.25, -0.2) is 4.79 Å². The number of benzene rings is 4. The highest BCUT2D eigenvalue weighted by molar-refractivity contribution is 5.75. The molecule has 0 fully saturated rings. The minimum Gasteiger partial charge on any atom is -0.497 e. The number of hydrogen-bond acceptors (Lipinski definition) is 5. The molecule has 0 aliphatic carbocycles. The summed E-state index contributed by atoms with van der Waals surface area (Å²) >= 11 is 0. The van der Waals surface area contributed by atoms with Crippen LogP contribution in [0.4, 0.5) is 0 Å². The Balaban J connectivity index is 1.63. The molecule has 4 rings (SSSR count). The van der Waals surface area contributed by atoms with Gasteiger partial charge in [0.2, 0.25) is 0 Å². The molecule has 180 valence electrons. The fourth-order valence-electron chi connectivity index (χ4n) is 3.84. The molecule has 0 saturated carbocycles. The number of ether oxygens (including phenoxy) is 3. The Hall–Kier alpha value is -4.76. The molecule has 6 nitrogen and oxygen atoms in total. The van der Waals surface area contributed by atoms with Crippen LogP contribution in [0.2, 0.25) is 0 Å². The molecule has 0 amide bonds. The summed E-state index contributed by atoms with van der Waals surface area (Å²) in [7, 11) is 1.64. The van der Waals surface area contributed by atoms with Gasteiger partial charge in [-0.05, 0) is 101 Å². The number of aryl methyl sites for hydroxylation is 1. The summed E-state index contributed by atoms with van der Waals surface area (Å²) < 4.78 is 16.7. The monoisotopic (exact) mass is 479 g/mol. The van der Waals surface area contributed by atoms with E-state index in [1.54, 1.807) is 25.3 Å². The first-order valence-electron chi connectivity index (χ1n) is 11.3. The standard InChI is InChI=1S/C30H25NO5/c1-20-12-28(10-11-29(20)36-19-30(32)33)35-18-22-14-25(23-6-8-27(34-2)9-7-23)16-26(15-22)24-5-3-4-21(13-24)17-31/h3-16H,18-19H2,1-2H3,(H,32,33). The Morgan fingerprint density at radius 1 is 0.833 bits per heavy atom. The minimum absolute atomic E-state index is 0.323. The van der Waals surface area contributed by atoms with Crippen LogP contribution >= 0.6 is 0 Å². The van der Waals surface area contributed by atoms with Crippen LogP contribution in [-0.2, 0) is 11.4 Å². The van der Waals surface area contributed by atoms with E-state index in [-0.39, 0.29) is 0 Å². The molecule has 0 radical (unpaired) electrons. The molecule has 0 aliphatic heterocycles. The molecule has 4 aromatic carbocycles. The third-order valence-corrected chi connectivity index (χ3v) is 5.64. The van der Waals surface area contributed by atoms with Crippen LogP contribution in [0.5, 0.6) is 17.2 Å². The zero-order valence-electron chi connectivity index (χ0n) is 20.0. The van der Waals surface area contributed by atoms with Gasteiger partial charge in [-0.1, -0.05) is 24.3 Å². The van der Waals surface area contributed by atoms with Crippen molar-refractivity contribution in [2.45, 2.75) is 13.5 Å². The van der Waals surface area contributed by atoms with E-state index in [1.165, 1.54) is 0 Å². The summed E-state index contributed by atoms with van der Waals surface area (Å²) in [5.41, 5.74) is 6.32. The van der Waals surface area contributed by atoms with Crippen LogP contribution < -0.4 is 14.2 Å². The second kappa shape index (κ2) is 11.1. The number of carboxylic acids is 1. The Bertz CT molecular complexity index is 1420. The van der Waals surface area contributed by atoms with E-state index in [1.807, 2.05) is 55.5 Å². The van der Waals surface area contributed by atoms with Crippen molar-refractivity contribution < 1.29 is 24.1 Å². The lowest BCUT2D eigenvalue weighted by atomic mass is 9.95. The predicted molar refractivity (Wildman–Crippen MR) is 137 cm³/mol. The highest BCUT2D eigenvalue weighted by Crippen LogP contribution is 2.31. The highest BCUT2D eigenvalue weighted by atomic mass is 16.5. The van der Waals surface area contributed by atoms with Gasteiger partial charge in [0.25, 0.3) is 0 Å². The topological polar surface area (TPSA) is 88.8 Å². The summed E-state index contributed by atoms with van der Waals surface area (Å²) in [6.45, 7) is 1.77. The van der Waals surface area contributed by atoms with Crippen LogP contribution in [0.25, 0.3) is 22.3 Å². The molecular weight excluding hydrogens is 454 g/mol. The molecule has 4 aromatic rings. The van der Waals surface area contributed by atoms with Crippen molar-refractivity contribution in [1.29, 1.82) is 5.26 Å². The number of carbonyl (C=O) groups is 1. The molecule has 0 bridgehead atoms. The van der Waals surface area contributed by atoms with Crippen LogP contribution in [0.3, 0.4) is 0 Å². The quantitative estimate of drug-likeness (QED) is 0.305. The van der Waals surface area contributed by atoms with Crippen LogP contribution in [0.15, 0.2) is 84.9 Å². The maximum absolute atomic E-state index is 10.8. The molecule has 0 spiro atoms. The largest absolute Gasteiger partial charge is 0.497 e. The van der Waals surface area contributed by atoms with Gasteiger partial charge in [-0.2, -0.15) is 5.26 Å². The molecule has 0 saturated heterocycles. The average molecular weight is 480 g/mol. The predicted octanol–water partition coefficient (Wildman–Crippen LogP) is 6.25. The summed E-state index contributed by atoms with van der Waals surface area (Å²) in [6, 6.07) is 29.1. The number of carboxylic acid groups (broad SMARTS) is 1. The summed E-state index contributed by atoms with van der Waals surface area (Å²) in [5.74, 6) is 0.915. The molecule has 0 heterocycles. The number of aliphatic carboxylic acids is 1. The number of hydrogen-bond donors (Lipinski definition) is 1. The normalized spacial score (nSPS) is 10.4. The third-order valence-electron chi connectivity index (χ3n) is 5.64. The maximum atomic E-state index is 10.8. The van der Waals surface area contributed by atoms with Crippen molar-refractivity contribution in [2.24, 2.45) is 0 Å². The second-order valence-corrected chi connectivity index (χ2v) is 8.24. The molecule has 0 aliphatic rings. The molecule has 1 N–H and O–H groups in total. The van der Waals surface area contributed by atoms with E-state index in [2.05, 4.69) is 24.3 Å². The molecule has 0 atom stereocenters. The van der Waals surface area contributed by atoms with Crippen molar-refractivity contribution >= 4 is 5.97 Å². The minimum atomic E-state index is -1.03. The van der Waals surface area contributed by atoms with Crippen LogP contribution in [0.1, 0.15) is 16.7 Å². The summed E-state index contributed by atoms with van der Waals surface area (Å²) in [4.78, 5) is 10.8. The van der Waals surface area contributed by atoms with E-state index in [9.17, 15) is 10.1 Å². The van der Waals surface area contributed by atoms with Gasteiger partial charge < -0.3 is 19.3 Å². The summed E-state index contributed by atoms with van der Waals surface area (Å²) in [5, 5.41) is 18.2. The zero-order chi connectivity index (χ0) is 25.5. The van der Waals surface area contributed by atoms with Gasteiger partial charge in [0.15, 0.2) is 6.61 Å². The van der Waals surface area contributed by atoms with E-state index >= 15 is 0 Å². The summed E-state index contributed by atoms with van der Waals surface area (Å²) in [6.07, 6.45) is 0. The molecule has 0 aromatic heterocycles. The van der Waals surface area contributed by atoms with Crippen molar-refractivity contribution in [1.82, 2.24) is 0 Å². The first-order valence-corrected chi connectivity index (χ1v) is 11.3. The Morgan fingerprint density at radius 3 is 2.22 bits per heavy atom. The van der Waals surface area contributed by atoms with Gasteiger partial charge in [0, 0.05) is 0 Å². The fourth-order valence-corrected chi connectivity index (χ4v) is 3.84. The lowest BCUT2D eigenvalue weighted by Gasteiger charge is -2.14. The Labute approximate surface area is 209 Å². The van der Waals surface area contributed by atoms with Crippen LogP contribution in [0, 0.1) is 18.3 Å². The van der Waals surface area contributed by atoms with E-state index in [0.717, 1.165) is 39.1 Å². The van der Waals surface area contributed by atoms with Gasteiger partial charge >= 0.3 is 5.97 Å². The molecule has 0 unspecified atom stereocenters. The van der Waals surface area contributed by atoms with Crippen molar-refractivity contribution in [3.8, 4) is 45.6 Å². The zero-order valence-corrected chi connectivity index (χ0v) is 20.0. The lowest BCUT2D eigenvalue weighted by molar-refractivity contribution is -0.139. The smallest absolute Gasteiger partial charge is 0.341 e.